The lowest BCUT2D eigenvalue weighted by molar-refractivity contribution is -0.116. The molecular formula is C34H26N2O3. The standard InChI is InChI=1S/C34H26N2O3/c37-30-21-24(31-18-9-19-39-31)20-28-32(30)33(23-11-2-1-3-12-23)36(29-17-7-6-16-27(29)35-28)34(38)26-15-8-13-22-10-4-5-14-25(22)26/h1-19,24,33,35H,20-21H2/t24-,33+/m1/s1. The number of hydrogen-bond acceptors (Lipinski definition) is 4. The highest BCUT2D eigenvalue weighted by molar-refractivity contribution is 6.17. The molecule has 1 amide bonds. The number of nitrogens with zero attached hydrogens (tertiary/aromatic N) is 1. The number of hydrogen-bond donors (Lipinski definition) is 1. The zero-order valence-corrected chi connectivity index (χ0v) is 21.2. The summed E-state index contributed by atoms with van der Waals surface area (Å²) in [6.45, 7) is 0. The summed E-state index contributed by atoms with van der Waals surface area (Å²) in [5.74, 6) is 0.601. The van der Waals surface area contributed by atoms with E-state index in [4.69, 9.17) is 4.42 Å². The van der Waals surface area contributed by atoms with Crippen LogP contribution in [0.1, 0.15) is 46.5 Å². The van der Waals surface area contributed by atoms with Crippen molar-refractivity contribution in [2.45, 2.75) is 24.8 Å². The molecule has 4 aromatic carbocycles. The maximum absolute atomic E-state index is 14.7. The molecule has 0 fully saturated rings. The van der Waals surface area contributed by atoms with Gasteiger partial charge in [0.15, 0.2) is 5.78 Å². The number of carbonyl (C=O) groups excluding carboxylic acids is 2. The Kier molecular flexibility index (Phi) is 5.63. The fourth-order valence-electron chi connectivity index (χ4n) is 6.03. The summed E-state index contributed by atoms with van der Waals surface area (Å²) in [6, 6.07) is 34.6. The molecular weight excluding hydrogens is 484 g/mol. The number of ketones is 1. The summed E-state index contributed by atoms with van der Waals surface area (Å²) in [4.78, 5) is 30.6. The van der Waals surface area contributed by atoms with Gasteiger partial charge in [0.2, 0.25) is 0 Å². The minimum absolute atomic E-state index is 0.0162. The molecule has 0 spiro atoms. The van der Waals surface area contributed by atoms with E-state index in [2.05, 4.69) is 5.32 Å². The van der Waals surface area contributed by atoms with Gasteiger partial charge in [0.05, 0.1) is 23.7 Å². The maximum Gasteiger partial charge on any atom is 0.259 e. The monoisotopic (exact) mass is 510 g/mol. The molecule has 0 unspecified atom stereocenters. The number of allylic oxidation sites excluding steroid dienone is 1. The molecule has 5 aromatic rings. The molecule has 5 nitrogen and oxygen atoms in total. The van der Waals surface area contributed by atoms with E-state index in [-0.39, 0.29) is 17.6 Å². The van der Waals surface area contributed by atoms with Crippen molar-refractivity contribution in [1.82, 2.24) is 0 Å². The first-order valence-corrected chi connectivity index (χ1v) is 13.2. The number of Topliss-reactive ketones (excluding diaryl/α,β-unsaturated/α-hetero) is 1. The van der Waals surface area contributed by atoms with Crippen molar-refractivity contribution < 1.29 is 14.0 Å². The van der Waals surface area contributed by atoms with Crippen molar-refractivity contribution >= 4 is 33.8 Å². The van der Waals surface area contributed by atoms with Crippen LogP contribution in [0.3, 0.4) is 0 Å². The number of nitrogens with one attached hydrogen (secondary N) is 1. The number of anilines is 2. The van der Waals surface area contributed by atoms with Crippen LogP contribution >= 0.6 is 0 Å². The van der Waals surface area contributed by atoms with Crippen molar-refractivity contribution in [3.63, 3.8) is 0 Å². The molecule has 7 rings (SSSR count). The lowest BCUT2D eigenvalue weighted by Gasteiger charge is -2.35. The fraction of sp³-hybridized carbons (Fsp3) is 0.118. The zero-order chi connectivity index (χ0) is 26.3. The minimum Gasteiger partial charge on any atom is -0.469 e. The highest BCUT2D eigenvalue weighted by Gasteiger charge is 2.42. The summed E-state index contributed by atoms with van der Waals surface area (Å²) < 4.78 is 5.70. The van der Waals surface area contributed by atoms with Crippen molar-refractivity contribution in [2.75, 3.05) is 10.2 Å². The second-order valence-electron chi connectivity index (χ2n) is 10.1. The van der Waals surface area contributed by atoms with Crippen LogP contribution in [0.2, 0.25) is 0 Å². The summed E-state index contributed by atoms with van der Waals surface area (Å²) in [5.41, 5.74) is 4.49. The van der Waals surface area contributed by atoms with E-state index in [0.29, 0.717) is 24.0 Å². The van der Waals surface area contributed by atoms with Crippen molar-refractivity contribution in [2.24, 2.45) is 0 Å². The van der Waals surface area contributed by atoms with Crippen LogP contribution in [0.5, 0.6) is 0 Å². The molecule has 190 valence electrons. The van der Waals surface area contributed by atoms with Crippen molar-refractivity contribution in [1.29, 1.82) is 0 Å². The number of para-hydroxylation sites is 2. The van der Waals surface area contributed by atoms with Crippen LogP contribution in [-0.2, 0) is 4.79 Å². The number of benzene rings is 4. The molecule has 2 atom stereocenters. The average Bonchev–Trinajstić information content (AvgIpc) is 3.47. The number of carbonyl (C=O) groups is 2. The molecule has 1 aromatic heterocycles. The molecule has 1 N–H and O–H groups in total. The van der Waals surface area contributed by atoms with Gasteiger partial charge in [0.1, 0.15) is 5.76 Å². The molecule has 2 heterocycles. The van der Waals surface area contributed by atoms with Crippen LogP contribution in [0, 0.1) is 0 Å². The predicted octanol–water partition coefficient (Wildman–Crippen LogP) is 7.65. The minimum atomic E-state index is -0.589. The Morgan fingerprint density at radius 2 is 1.56 bits per heavy atom. The summed E-state index contributed by atoms with van der Waals surface area (Å²) in [7, 11) is 0. The Morgan fingerprint density at radius 1 is 0.795 bits per heavy atom. The molecule has 39 heavy (non-hydrogen) atoms. The Hall–Kier alpha value is -4.90. The van der Waals surface area contributed by atoms with E-state index in [0.717, 1.165) is 39.2 Å². The highest BCUT2D eigenvalue weighted by Crippen LogP contribution is 2.48. The third kappa shape index (κ3) is 3.94. The first kappa shape index (κ1) is 23.2. The van der Waals surface area contributed by atoms with E-state index < -0.39 is 6.04 Å². The smallest absolute Gasteiger partial charge is 0.259 e. The van der Waals surface area contributed by atoms with E-state index >= 15 is 0 Å². The van der Waals surface area contributed by atoms with Gasteiger partial charge in [0, 0.05) is 29.2 Å². The summed E-state index contributed by atoms with van der Waals surface area (Å²) in [6.07, 6.45) is 2.59. The Bertz CT molecular complexity index is 1730. The molecule has 1 aliphatic heterocycles. The Morgan fingerprint density at radius 3 is 2.41 bits per heavy atom. The molecule has 0 saturated heterocycles. The molecule has 5 heteroatoms. The van der Waals surface area contributed by atoms with Gasteiger partial charge in [-0.15, -0.1) is 0 Å². The van der Waals surface area contributed by atoms with Crippen LogP contribution in [-0.4, -0.2) is 11.7 Å². The van der Waals surface area contributed by atoms with Gasteiger partial charge >= 0.3 is 0 Å². The van der Waals surface area contributed by atoms with Crippen LogP contribution < -0.4 is 10.2 Å². The maximum atomic E-state index is 14.7. The number of furan rings is 1. The van der Waals surface area contributed by atoms with Gasteiger partial charge in [0.25, 0.3) is 5.91 Å². The average molecular weight is 511 g/mol. The van der Waals surface area contributed by atoms with Gasteiger partial charge in [-0.2, -0.15) is 0 Å². The lowest BCUT2D eigenvalue weighted by Crippen LogP contribution is -2.38. The first-order chi connectivity index (χ1) is 19.2. The summed E-state index contributed by atoms with van der Waals surface area (Å²) >= 11 is 0. The fourth-order valence-corrected chi connectivity index (χ4v) is 6.03. The quantitative estimate of drug-likeness (QED) is 0.271. The normalized spacial score (nSPS) is 18.8. The van der Waals surface area contributed by atoms with E-state index in [1.165, 1.54) is 0 Å². The zero-order valence-electron chi connectivity index (χ0n) is 21.2. The van der Waals surface area contributed by atoms with Crippen LogP contribution in [0.15, 0.2) is 131 Å². The first-order valence-electron chi connectivity index (χ1n) is 13.2. The number of rotatable bonds is 3. The number of fused-ring (bicyclic) bond motifs is 2. The SMILES string of the molecule is O=C1C[C@H](c2ccco2)CC2=C1[C@H](c1ccccc1)N(C(=O)c1cccc3ccccc13)c1ccccc1N2. The van der Waals surface area contributed by atoms with Gasteiger partial charge in [-0.25, -0.2) is 0 Å². The molecule has 0 radical (unpaired) electrons. The number of amides is 1. The molecule has 1 aliphatic carbocycles. The Labute approximate surface area is 226 Å². The van der Waals surface area contributed by atoms with Crippen LogP contribution in [0.4, 0.5) is 11.4 Å². The van der Waals surface area contributed by atoms with Crippen LogP contribution in [0.25, 0.3) is 10.8 Å². The lowest BCUT2D eigenvalue weighted by atomic mass is 9.80. The molecule has 0 saturated carbocycles. The van der Waals surface area contributed by atoms with E-state index in [1.807, 2.05) is 114 Å². The molecule has 2 aliphatic rings. The Balaban J connectivity index is 1.46. The van der Waals surface area contributed by atoms with Crippen molar-refractivity contribution in [3.8, 4) is 0 Å². The third-order valence-corrected chi connectivity index (χ3v) is 7.79. The van der Waals surface area contributed by atoms with Crippen molar-refractivity contribution in [3.05, 3.63) is 144 Å². The van der Waals surface area contributed by atoms with E-state index in [9.17, 15) is 9.59 Å². The van der Waals surface area contributed by atoms with Gasteiger partial charge in [-0.05, 0) is 53.1 Å². The topological polar surface area (TPSA) is 62.6 Å². The second kappa shape index (κ2) is 9.44. The summed E-state index contributed by atoms with van der Waals surface area (Å²) in [5, 5.41) is 5.46. The van der Waals surface area contributed by atoms with Gasteiger partial charge in [-0.1, -0.05) is 78.9 Å². The highest BCUT2D eigenvalue weighted by atomic mass is 16.3. The van der Waals surface area contributed by atoms with Gasteiger partial charge in [-0.3, -0.25) is 14.5 Å². The van der Waals surface area contributed by atoms with Gasteiger partial charge < -0.3 is 9.73 Å². The van der Waals surface area contributed by atoms with E-state index in [1.54, 1.807) is 6.26 Å². The largest absolute Gasteiger partial charge is 0.469 e. The molecule has 0 bridgehead atoms. The predicted molar refractivity (Wildman–Crippen MR) is 153 cm³/mol. The third-order valence-electron chi connectivity index (χ3n) is 7.79. The second-order valence-corrected chi connectivity index (χ2v) is 10.1.